The summed E-state index contributed by atoms with van der Waals surface area (Å²) in [5.41, 5.74) is 1.22. The second-order valence-electron chi connectivity index (χ2n) is 6.08. The van der Waals surface area contributed by atoms with Gasteiger partial charge in [-0.25, -0.2) is 0 Å². The number of amides is 1. The number of thioether (sulfide) groups is 1. The first kappa shape index (κ1) is 16.4. The summed E-state index contributed by atoms with van der Waals surface area (Å²) in [5.74, 6) is 1.85. The summed E-state index contributed by atoms with van der Waals surface area (Å²) >= 11 is 1.79. The van der Waals surface area contributed by atoms with Crippen molar-refractivity contribution in [2.24, 2.45) is 5.92 Å². The zero-order chi connectivity index (χ0) is 15.2. The van der Waals surface area contributed by atoms with Gasteiger partial charge in [-0.1, -0.05) is 44.2 Å². The van der Waals surface area contributed by atoms with Crippen molar-refractivity contribution in [3.63, 3.8) is 0 Å². The number of carbonyl (C=O) groups excluding carboxylic acids is 1. The molecule has 1 heterocycles. The molecule has 1 aromatic rings. The molecule has 2 rings (SSSR count). The van der Waals surface area contributed by atoms with Crippen molar-refractivity contribution in [3.8, 4) is 0 Å². The van der Waals surface area contributed by atoms with Gasteiger partial charge in [-0.2, -0.15) is 11.8 Å². The molecule has 1 amide bonds. The highest BCUT2D eigenvalue weighted by molar-refractivity contribution is 7.98. The highest BCUT2D eigenvalue weighted by atomic mass is 32.2. The van der Waals surface area contributed by atoms with Crippen LogP contribution in [-0.2, 0) is 11.2 Å². The van der Waals surface area contributed by atoms with E-state index >= 15 is 0 Å². The van der Waals surface area contributed by atoms with Gasteiger partial charge in [0.25, 0.3) is 0 Å². The van der Waals surface area contributed by atoms with Crippen LogP contribution in [0.1, 0.15) is 25.8 Å². The zero-order valence-electron chi connectivity index (χ0n) is 13.2. The van der Waals surface area contributed by atoms with Gasteiger partial charge in [0.05, 0.1) is 12.2 Å². The fourth-order valence-electron chi connectivity index (χ4n) is 2.84. The molecule has 1 aromatic carbocycles. The van der Waals surface area contributed by atoms with Crippen LogP contribution in [-0.4, -0.2) is 41.6 Å². The van der Waals surface area contributed by atoms with E-state index in [0.29, 0.717) is 5.92 Å². The smallest absolute Gasteiger partial charge is 0.241 e. The first-order chi connectivity index (χ1) is 10.1. The van der Waals surface area contributed by atoms with E-state index < -0.39 is 0 Å². The molecule has 0 saturated carbocycles. The Morgan fingerprint density at radius 2 is 2.00 bits per heavy atom. The largest absolute Gasteiger partial charge is 0.325 e. The second kappa shape index (κ2) is 7.85. The standard InChI is InChI=1S/C17H26N2OS/c1-13(2)11-16-18-15(12-14-7-5-4-6-8-14)17(20)19(16)9-10-21-3/h4-8,13,15-16,18H,9-12H2,1-3H3. The van der Waals surface area contributed by atoms with Gasteiger partial charge in [0.2, 0.25) is 5.91 Å². The molecule has 0 radical (unpaired) electrons. The fourth-order valence-corrected chi connectivity index (χ4v) is 3.22. The average molecular weight is 306 g/mol. The van der Waals surface area contributed by atoms with E-state index in [9.17, 15) is 4.79 Å². The molecule has 0 aromatic heterocycles. The van der Waals surface area contributed by atoms with Crippen LogP contribution in [0.2, 0.25) is 0 Å². The van der Waals surface area contributed by atoms with Crippen molar-refractivity contribution < 1.29 is 4.79 Å². The van der Waals surface area contributed by atoms with Gasteiger partial charge in [-0.3, -0.25) is 10.1 Å². The molecule has 1 N–H and O–H groups in total. The van der Waals surface area contributed by atoms with Crippen molar-refractivity contribution in [3.05, 3.63) is 35.9 Å². The van der Waals surface area contributed by atoms with Crippen LogP contribution in [0.15, 0.2) is 30.3 Å². The molecule has 2 unspecified atom stereocenters. The van der Waals surface area contributed by atoms with Crippen LogP contribution in [0, 0.1) is 5.92 Å². The molecule has 1 aliphatic heterocycles. The predicted octanol–water partition coefficient (Wildman–Crippen LogP) is 2.76. The second-order valence-corrected chi connectivity index (χ2v) is 7.06. The van der Waals surface area contributed by atoms with Gasteiger partial charge in [0, 0.05) is 12.3 Å². The van der Waals surface area contributed by atoms with E-state index in [1.807, 2.05) is 23.1 Å². The maximum Gasteiger partial charge on any atom is 0.241 e. The van der Waals surface area contributed by atoms with Gasteiger partial charge in [-0.15, -0.1) is 0 Å². The average Bonchev–Trinajstić information content (AvgIpc) is 2.73. The number of nitrogens with zero attached hydrogens (tertiary/aromatic N) is 1. The lowest BCUT2D eigenvalue weighted by atomic mass is 10.1. The lowest BCUT2D eigenvalue weighted by molar-refractivity contribution is -0.129. The lowest BCUT2D eigenvalue weighted by Crippen LogP contribution is -2.39. The summed E-state index contributed by atoms with van der Waals surface area (Å²) in [6.45, 7) is 5.27. The number of hydrogen-bond acceptors (Lipinski definition) is 3. The zero-order valence-corrected chi connectivity index (χ0v) is 14.0. The molecule has 0 aliphatic carbocycles. The van der Waals surface area contributed by atoms with Crippen molar-refractivity contribution in [1.29, 1.82) is 0 Å². The van der Waals surface area contributed by atoms with E-state index in [2.05, 4.69) is 37.6 Å². The number of benzene rings is 1. The molecule has 1 saturated heterocycles. The Balaban J connectivity index is 2.04. The first-order valence-corrected chi connectivity index (χ1v) is 9.10. The highest BCUT2D eigenvalue weighted by Crippen LogP contribution is 2.20. The number of hydrogen-bond donors (Lipinski definition) is 1. The molecule has 21 heavy (non-hydrogen) atoms. The molecule has 0 spiro atoms. The molecule has 2 atom stereocenters. The SMILES string of the molecule is CSCCN1C(=O)C(Cc2ccccc2)NC1CC(C)C. The minimum atomic E-state index is -0.0713. The Bertz CT molecular complexity index is 449. The van der Waals surface area contributed by atoms with Crippen molar-refractivity contribution in [2.45, 2.75) is 38.9 Å². The molecule has 0 bridgehead atoms. The third-order valence-electron chi connectivity index (χ3n) is 3.86. The molecule has 1 fully saturated rings. The molecule has 1 aliphatic rings. The Morgan fingerprint density at radius 3 is 2.62 bits per heavy atom. The van der Waals surface area contributed by atoms with E-state index in [1.54, 1.807) is 11.8 Å². The van der Waals surface area contributed by atoms with Crippen LogP contribution in [0.3, 0.4) is 0 Å². The molecular weight excluding hydrogens is 280 g/mol. The normalized spacial score (nSPS) is 22.3. The van der Waals surface area contributed by atoms with Gasteiger partial charge in [0.15, 0.2) is 0 Å². The van der Waals surface area contributed by atoms with Crippen LogP contribution in [0.25, 0.3) is 0 Å². The molecule has 116 valence electrons. The Hall–Kier alpha value is -1.00. The summed E-state index contributed by atoms with van der Waals surface area (Å²) in [4.78, 5) is 14.7. The van der Waals surface area contributed by atoms with Gasteiger partial charge in [-0.05, 0) is 30.6 Å². The third kappa shape index (κ3) is 4.48. The Kier molecular flexibility index (Phi) is 6.12. The third-order valence-corrected chi connectivity index (χ3v) is 4.46. The summed E-state index contributed by atoms with van der Waals surface area (Å²) in [5, 5.41) is 3.55. The topological polar surface area (TPSA) is 32.3 Å². The van der Waals surface area contributed by atoms with Crippen LogP contribution in [0.4, 0.5) is 0 Å². The number of carbonyl (C=O) groups is 1. The van der Waals surface area contributed by atoms with Gasteiger partial charge in [0.1, 0.15) is 0 Å². The van der Waals surface area contributed by atoms with E-state index in [-0.39, 0.29) is 18.1 Å². The maximum atomic E-state index is 12.7. The minimum absolute atomic E-state index is 0.0713. The molecule has 3 nitrogen and oxygen atoms in total. The summed E-state index contributed by atoms with van der Waals surface area (Å²) in [6, 6.07) is 10.2. The minimum Gasteiger partial charge on any atom is -0.325 e. The lowest BCUT2D eigenvalue weighted by Gasteiger charge is -2.25. The van der Waals surface area contributed by atoms with Crippen LogP contribution >= 0.6 is 11.8 Å². The Morgan fingerprint density at radius 1 is 1.29 bits per heavy atom. The van der Waals surface area contributed by atoms with Crippen molar-refractivity contribution >= 4 is 17.7 Å². The van der Waals surface area contributed by atoms with Crippen molar-refractivity contribution in [2.75, 3.05) is 18.6 Å². The quantitative estimate of drug-likeness (QED) is 0.841. The molecular formula is C17H26N2OS. The molecule has 4 heteroatoms. The van der Waals surface area contributed by atoms with E-state index in [1.165, 1.54) is 5.56 Å². The van der Waals surface area contributed by atoms with Crippen molar-refractivity contribution in [1.82, 2.24) is 10.2 Å². The van der Waals surface area contributed by atoms with Gasteiger partial charge < -0.3 is 4.90 Å². The van der Waals surface area contributed by atoms with Crippen LogP contribution < -0.4 is 5.32 Å². The predicted molar refractivity (Wildman–Crippen MR) is 90.4 cm³/mol. The van der Waals surface area contributed by atoms with Crippen LogP contribution in [0.5, 0.6) is 0 Å². The van der Waals surface area contributed by atoms with E-state index in [4.69, 9.17) is 0 Å². The van der Waals surface area contributed by atoms with E-state index in [0.717, 1.165) is 25.1 Å². The number of nitrogens with one attached hydrogen (secondary N) is 1. The summed E-state index contributed by atoms with van der Waals surface area (Å²) in [7, 11) is 0. The number of rotatable bonds is 7. The summed E-state index contributed by atoms with van der Waals surface area (Å²) < 4.78 is 0. The first-order valence-electron chi connectivity index (χ1n) is 7.71. The highest BCUT2D eigenvalue weighted by Gasteiger charge is 2.38. The van der Waals surface area contributed by atoms with Gasteiger partial charge >= 0.3 is 0 Å². The summed E-state index contributed by atoms with van der Waals surface area (Å²) in [6.07, 6.45) is 4.08. The maximum absolute atomic E-state index is 12.7. The fraction of sp³-hybridized carbons (Fsp3) is 0.588. The monoisotopic (exact) mass is 306 g/mol. The Labute approximate surface area is 132 Å².